The van der Waals surface area contributed by atoms with E-state index in [-0.39, 0.29) is 0 Å². The fraction of sp³-hybridized carbons (Fsp3) is 1.00. The minimum absolute atomic E-state index is 0.800. The van der Waals surface area contributed by atoms with Crippen LogP contribution in [0.5, 0.6) is 0 Å². The molecule has 0 amide bonds. The summed E-state index contributed by atoms with van der Waals surface area (Å²) in [5.41, 5.74) is 0.800. The van der Waals surface area contributed by atoms with E-state index in [2.05, 4.69) is 83.1 Å². The molecule has 0 aliphatic heterocycles. The second-order valence-electron chi connectivity index (χ2n) is 19.5. The van der Waals surface area contributed by atoms with Gasteiger partial charge in [0.25, 0.3) is 0 Å². The molecule has 11 aliphatic carbocycles. The lowest BCUT2D eigenvalue weighted by atomic mass is 9.50. The fourth-order valence-electron chi connectivity index (χ4n) is 11.8. The van der Waals surface area contributed by atoms with Gasteiger partial charge in [0.1, 0.15) is 0 Å². The molecule has 11 saturated carbocycles. The van der Waals surface area contributed by atoms with E-state index in [0.717, 1.165) is 64.6 Å². The highest BCUT2D eigenvalue weighted by atomic mass is 14.5. The summed E-state index contributed by atoms with van der Waals surface area (Å²) in [6.45, 7) is 26.8. The van der Waals surface area contributed by atoms with Gasteiger partial charge in [0.15, 0.2) is 0 Å². The third-order valence-electron chi connectivity index (χ3n) is 13.3. The monoisotopic (exact) mass is 657 g/mol. The highest BCUT2D eigenvalue weighted by Crippen LogP contribution is 2.59. The summed E-state index contributed by atoms with van der Waals surface area (Å²) in [5.74, 6) is 13.6. The molecule has 0 aromatic carbocycles. The topological polar surface area (TPSA) is 0 Å². The molecule has 11 fully saturated rings. The van der Waals surface area contributed by atoms with Crippen molar-refractivity contribution in [3.8, 4) is 0 Å². The molecule has 0 N–H and O–H groups in total. The smallest absolute Gasteiger partial charge is 0.0318 e. The Balaban J connectivity index is 0.000000198. The van der Waals surface area contributed by atoms with Crippen molar-refractivity contribution in [1.29, 1.82) is 0 Å². The molecule has 0 spiro atoms. The molecular weight excluding hydrogens is 565 g/mol. The summed E-state index contributed by atoms with van der Waals surface area (Å²) in [5, 5.41) is 0. The van der Waals surface area contributed by atoms with Gasteiger partial charge in [-0.15, -0.1) is 0 Å². The highest BCUT2D eigenvalue weighted by molar-refractivity contribution is 4.99. The van der Waals surface area contributed by atoms with Gasteiger partial charge in [-0.3, -0.25) is 0 Å². The Morgan fingerprint density at radius 1 is 0.362 bits per heavy atom. The molecule has 0 nitrogen and oxygen atoms in total. The van der Waals surface area contributed by atoms with E-state index in [4.69, 9.17) is 0 Å². The average Bonchev–Trinajstić information content (AvgIpc) is 3.29. The van der Waals surface area contributed by atoms with Crippen molar-refractivity contribution < 1.29 is 0 Å². The standard InChI is InChI=1S/C11H18.C9H16.C8H14.C7H12.4C3H8/c1-11-5-8-2-9(6-11)4-10(3-8)7-11;1-7-6-8-2-4-9(7)5-3-8;1-6-4-7-2-3-8(6)5-7;1-5-2-6-4-7(6)3-5;4*1-3-2/h8-10H,2-7H2,1H3;7-9H,2-6H2,1H3;6-8H,2-5H2,1H3;5-7H,2-4H2,1H3;4*3H2,1-2H3. The van der Waals surface area contributed by atoms with Gasteiger partial charge in [-0.2, -0.15) is 0 Å². The Labute approximate surface area is 300 Å². The van der Waals surface area contributed by atoms with Gasteiger partial charge in [-0.25, -0.2) is 0 Å². The van der Waals surface area contributed by atoms with Gasteiger partial charge in [-0.05, 0) is 173 Å². The zero-order valence-electron chi connectivity index (χ0n) is 35.0. The van der Waals surface area contributed by atoms with Gasteiger partial charge in [0, 0.05) is 0 Å². The minimum atomic E-state index is 0.800. The van der Waals surface area contributed by atoms with E-state index >= 15 is 0 Å². The third-order valence-corrected chi connectivity index (χ3v) is 13.3. The van der Waals surface area contributed by atoms with E-state index < -0.39 is 0 Å². The van der Waals surface area contributed by atoms with Crippen LogP contribution in [0.3, 0.4) is 0 Å². The van der Waals surface area contributed by atoms with Crippen LogP contribution in [0.25, 0.3) is 0 Å². The van der Waals surface area contributed by atoms with Crippen molar-refractivity contribution in [1.82, 2.24) is 0 Å². The highest BCUT2D eigenvalue weighted by Gasteiger charge is 2.48. The van der Waals surface area contributed by atoms with E-state index in [0.29, 0.717) is 0 Å². The van der Waals surface area contributed by atoms with Crippen LogP contribution in [0, 0.1) is 76.4 Å². The summed E-state index contributed by atoms with van der Waals surface area (Å²) >= 11 is 0. The van der Waals surface area contributed by atoms with Crippen molar-refractivity contribution in [3.63, 3.8) is 0 Å². The first-order chi connectivity index (χ1) is 22.5. The Kier molecular flexibility index (Phi) is 20.9. The summed E-state index contributed by atoms with van der Waals surface area (Å²) < 4.78 is 0. The molecule has 0 heteroatoms. The summed E-state index contributed by atoms with van der Waals surface area (Å²) in [4.78, 5) is 0. The second kappa shape index (κ2) is 22.7. The zero-order chi connectivity index (χ0) is 35.0. The molecule has 6 atom stereocenters. The van der Waals surface area contributed by atoms with Gasteiger partial charge in [0.05, 0.1) is 0 Å². The molecule has 11 aliphatic rings. The summed E-state index contributed by atoms with van der Waals surface area (Å²) in [6.07, 6.45) is 33.1. The van der Waals surface area contributed by atoms with Crippen LogP contribution < -0.4 is 0 Å². The largest absolute Gasteiger partial charge is 0.0656 e. The van der Waals surface area contributed by atoms with E-state index in [9.17, 15) is 0 Å². The number of fused-ring (bicyclic) bond motifs is 6. The lowest BCUT2D eigenvalue weighted by Gasteiger charge is -2.55. The molecule has 6 unspecified atom stereocenters. The molecule has 0 aromatic rings. The van der Waals surface area contributed by atoms with Gasteiger partial charge < -0.3 is 0 Å². The second-order valence-corrected chi connectivity index (χ2v) is 19.5. The summed E-state index contributed by atoms with van der Waals surface area (Å²) in [7, 11) is 0. The lowest BCUT2D eigenvalue weighted by molar-refractivity contribution is -0.0411. The molecule has 0 heterocycles. The van der Waals surface area contributed by atoms with Crippen molar-refractivity contribution in [3.05, 3.63) is 0 Å². The first-order valence-corrected chi connectivity index (χ1v) is 22.5. The van der Waals surface area contributed by atoms with Crippen LogP contribution in [0.2, 0.25) is 0 Å². The molecule has 0 saturated heterocycles. The van der Waals surface area contributed by atoms with E-state index in [1.807, 2.05) is 0 Å². The van der Waals surface area contributed by atoms with Crippen LogP contribution in [0.1, 0.15) is 224 Å². The number of rotatable bonds is 0. The first kappa shape index (κ1) is 43.2. The molecular formula is C47H92. The fourth-order valence-corrected chi connectivity index (χ4v) is 11.8. The summed E-state index contributed by atoms with van der Waals surface area (Å²) in [6, 6.07) is 0. The van der Waals surface area contributed by atoms with Crippen LogP contribution in [0.4, 0.5) is 0 Å². The Morgan fingerprint density at radius 2 is 0.723 bits per heavy atom. The number of hydrogen-bond acceptors (Lipinski definition) is 0. The van der Waals surface area contributed by atoms with E-state index in [1.54, 1.807) is 116 Å². The van der Waals surface area contributed by atoms with Crippen molar-refractivity contribution >= 4 is 0 Å². The minimum Gasteiger partial charge on any atom is -0.0656 e. The molecule has 47 heavy (non-hydrogen) atoms. The molecule has 11 rings (SSSR count). The Hall–Kier alpha value is 0. The normalized spacial score (nSPS) is 42.6. The van der Waals surface area contributed by atoms with Crippen LogP contribution in [-0.4, -0.2) is 0 Å². The predicted octanol–water partition coefficient (Wildman–Crippen LogP) is 16.2. The Morgan fingerprint density at radius 3 is 0.915 bits per heavy atom. The molecule has 0 aromatic heterocycles. The molecule has 0 radical (unpaired) electrons. The molecule has 280 valence electrons. The van der Waals surface area contributed by atoms with Gasteiger partial charge >= 0.3 is 0 Å². The Bertz CT molecular complexity index is 701. The van der Waals surface area contributed by atoms with Crippen molar-refractivity contribution in [2.24, 2.45) is 76.4 Å². The van der Waals surface area contributed by atoms with Crippen molar-refractivity contribution in [2.75, 3.05) is 0 Å². The zero-order valence-corrected chi connectivity index (χ0v) is 35.0. The maximum absolute atomic E-state index is 2.54. The third kappa shape index (κ3) is 15.4. The SMILES string of the molecule is CC12CC3CC(CC(C3)C1)C2.CC1CC2CC2C1.CC1CC2CCC1C2.CC1CC2CCC1CC2.CCC.CCC.CCC.CCC. The first-order valence-electron chi connectivity index (χ1n) is 22.5. The number of hydrogen-bond donors (Lipinski definition) is 0. The van der Waals surface area contributed by atoms with Crippen LogP contribution >= 0.6 is 0 Å². The van der Waals surface area contributed by atoms with Gasteiger partial charge in [0.2, 0.25) is 0 Å². The van der Waals surface area contributed by atoms with E-state index in [1.165, 1.54) is 37.5 Å². The van der Waals surface area contributed by atoms with Crippen LogP contribution in [-0.2, 0) is 0 Å². The van der Waals surface area contributed by atoms with Gasteiger partial charge in [-0.1, -0.05) is 128 Å². The molecule has 8 bridgehead atoms. The van der Waals surface area contributed by atoms with Crippen LogP contribution in [0.15, 0.2) is 0 Å². The maximum Gasteiger partial charge on any atom is -0.0318 e. The van der Waals surface area contributed by atoms with Crippen molar-refractivity contribution in [2.45, 2.75) is 224 Å². The lowest BCUT2D eigenvalue weighted by Crippen LogP contribution is -2.44. The predicted molar refractivity (Wildman–Crippen MR) is 214 cm³/mol. The quantitative estimate of drug-likeness (QED) is 0.243. The average molecular weight is 657 g/mol. The maximum atomic E-state index is 2.54.